The summed E-state index contributed by atoms with van der Waals surface area (Å²) in [5, 5.41) is 0.647. The highest BCUT2D eigenvalue weighted by Crippen LogP contribution is 2.21. The smallest absolute Gasteiger partial charge is 0.227 e. The van der Waals surface area contributed by atoms with Crippen molar-refractivity contribution in [3.63, 3.8) is 0 Å². The second-order valence-corrected chi connectivity index (χ2v) is 5.89. The lowest BCUT2D eigenvalue weighted by molar-refractivity contribution is -0.135. The Morgan fingerprint density at radius 2 is 2.15 bits per heavy atom. The number of amides is 1. The molecule has 1 aromatic carbocycles. The van der Waals surface area contributed by atoms with E-state index in [0.717, 1.165) is 31.4 Å². The fourth-order valence-corrected chi connectivity index (χ4v) is 3.01. The van der Waals surface area contributed by atoms with Crippen LogP contribution in [0.5, 0.6) is 0 Å². The number of likely N-dealkylation sites (tertiary alicyclic amines) is 1. The molecular weight excluding hydrogens is 274 g/mol. The first-order valence-corrected chi connectivity index (χ1v) is 7.47. The van der Waals surface area contributed by atoms with Gasteiger partial charge in [-0.1, -0.05) is 23.7 Å². The Balaban J connectivity index is 2.04. The van der Waals surface area contributed by atoms with E-state index in [-0.39, 0.29) is 17.7 Å². The second kappa shape index (κ2) is 6.89. The lowest BCUT2D eigenvalue weighted by Crippen LogP contribution is -2.45. The van der Waals surface area contributed by atoms with E-state index < -0.39 is 0 Å². The van der Waals surface area contributed by atoms with Gasteiger partial charge in [0.2, 0.25) is 5.91 Å². The van der Waals surface area contributed by atoms with Crippen molar-refractivity contribution in [1.82, 2.24) is 4.90 Å². The quantitative estimate of drug-likeness (QED) is 0.854. The third kappa shape index (κ3) is 4.07. The van der Waals surface area contributed by atoms with Gasteiger partial charge in [-0.15, -0.1) is 0 Å². The molecule has 1 saturated heterocycles. The van der Waals surface area contributed by atoms with E-state index in [1.807, 2.05) is 23.1 Å². The predicted octanol–water partition coefficient (Wildman–Crippen LogP) is 3.24. The zero-order chi connectivity index (χ0) is 14.5. The van der Waals surface area contributed by atoms with Crippen molar-refractivity contribution in [2.45, 2.75) is 45.1 Å². The lowest BCUT2D eigenvalue weighted by atomic mass is 9.97. The number of halogens is 1. The van der Waals surface area contributed by atoms with E-state index >= 15 is 0 Å². The first kappa shape index (κ1) is 15.0. The number of hydrogen-bond acceptors (Lipinski definition) is 2. The Morgan fingerprint density at radius 1 is 1.35 bits per heavy atom. The molecule has 1 aromatic rings. The number of nitrogens with zero attached hydrogens (tertiary/aromatic N) is 1. The molecule has 0 N–H and O–H groups in total. The van der Waals surface area contributed by atoms with E-state index in [9.17, 15) is 9.59 Å². The molecule has 0 saturated carbocycles. The Morgan fingerprint density at radius 3 is 2.85 bits per heavy atom. The van der Waals surface area contributed by atoms with Crippen LogP contribution in [0.25, 0.3) is 0 Å². The summed E-state index contributed by atoms with van der Waals surface area (Å²) in [6.45, 7) is 2.35. The Labute approximate surface area is 124 Å². The highest BCUT2D eigenvalue weighted by molar-refractivity contribution is 6.30. The van der Waals surface area contributed by atoms with E-state index in [2.05, 4.69) is 0 Å². The van der Waals surface area contributed by atoms with Crippen LogP contribution in [0.3, 0.4) is 0 Å². The minimum atomic E-state index is 0.0768. The van der Waals surface area contributed by atoms with Crippen LogP contribution in [0.15, 0.2) is 24.3 Å². The van der Waals surface area contributed by atoms with Gasteiger partial charge in [-0.05, 0) is 43.9 Å². The Bertz CT molecular complexity index is 501. The molecule has 1 atom stereocenters. The maximum atomic E-state index is 12.4. The van der Waals surface area contributed by atoms with Gasteiger partial charge in [-0.3, -0.25) is 9.59 Å². The highest BCUT2D eigenvalue weighted by Gasteiger charge is 2.27. The summed E-state index contributed by atoms with van der Waals surface area (Å²) < 4.78 is 0. The minimum Gasteiger partial charge on any atom is -0.339 e. The topological polar surface area (TPSA) is 37.4 Å². The van der Waals surface area contributed by atoms with Gasteiger partial charge in [0.15, 0.2) is 0 Å². The van der Waals surface area contributed by atoms with E-state index in [1.54, 1.807) is 13.0 Å². The van der Waals surface area contributed by atoms with E-state index in [0.29, 0.717) is 17.9 Å². The van der Waals surface area contributed by atoms with Crippen LogP contribution in [-0.2, 0) is 16.0 Å². The average molecular weight is 294 g/mol. The largest absolute Gasteiger partial charge is 0.339 e. The van der Waals surface area contributed by atoms with Gasteiger partial charge in [0.05, 0.1) is 6.42 Å². The molecule has 1 aliphatic rings. The van der Waals surface area contributed by atoms with E-state index in [1.165, 1.54) is 0 Å². The number of piperidine rings is 1. The number of rotatable bonds is 4. The Kier molecular flexibility index (Phi) is 5.18. The van der Waals surface area contributed by atoms with Crippen molar-refractivity contribution in [3.05, 3.63) is 34.9 Å². The zero-order valence-electron chi connectivity index (χ0n) is 11.8. The Hall–Kier alpha value is -1.35. The molecule has 0 aliphatic carbocycles. The average Bonchev–Trinajstić information content (AvgIpc) is 2.38. The number of Topliss-reactive ketones (excluding diaryl/α,β-unsaturated/α-hetero) is 1. The zero-order valence-corrected chi connectivity index (χ0v) is 12.5. The lowest BCUT2D eigenvalue weighted by Gasteiger charge is -2.35. The van der Waals surface area contributed by atoms with Crippen LogP contribution >= 0.6 is 11.6 Å². The highest BCUT2D eigenvalue weighted by atomic mass is 35.5. The molecule has 4 heteroatoms. The van der Waals surface area contributed by atoms with Crippen LogP contribution in [0.1, 0.15) is 38.2 Å². The standard InChI is InChI=1S/C16H20ClNO2/c1-12(19)9-15-7-2-3-8-18(15)16(20)11-13-5-4-6-14(17)10-13/h4-6,10,15H,2-3,7-9,11H2,1H3. The second-order valence-electron chi connectivity index (χ2n) is 5.45. The maximum absolute atomic E-state index is 12.4. The third-order valence-electron chi connectivity index (χ3n) is 3.71. The van der Waals surface area contributed by atoms with Crippen LogP contribution < -0.4 is 0 Å². The van der Waals surface area contributed by atoms with Gasteiger partial charge in [-0.25, -0.2) is 0 Å². The summed E-state index contributed by atoms with van der Waals surface area (Å²) in [6.07, 6.45) is 3.88. The fourth-order valence-electron chi connectivity index (χ4n) is 2.80. The normalized spacial score (nSPS) is 18.9. The van der Waals surface area contributed by atoms with Gasteiger partial charge in [0.1, 0.15) is 5.78 Å². The van der Waals surface area contributed by atoms with Gasteiger partial charge in [0, 0.05) is 24.0 Å². The molecule has 3 nitrogen and oxygen atoms in total. The van der Waals surface area contributed by atoms with Crippen LogP contribution in [0, 0.1) is 0 Å². The summed E-state index contributed by atoms with van der Waals surface area (Å²) in [7, 11) is 0. The number of benzene rings is 1. The van der Waals surface area contributed by atoms with Crippen LogP contribution in [-0.4, -0.2) is 29.2 Å². The summed E-state index contributed by atoms with van der Waals surface area (Å²) in [6, 6.07) is 7.47. The molecule has 1 amide bonds. The molecule has 0 spiro atoms. The van der Waals surface area contributed by atoms with Crippen molar-refractivity contribution in [3.8, 4) is 0 Å². The molecule has 1 aliphatic heterocycles. The van der Waals surface area contributed by atoms with Crippen molar-refractivity contribution < 1.29 is 9.59 Å². The first-order chi connectivity index (χ1) is 9.56. The molecule has 2 rings (SSSR count). The number of hydrogen-bond donors (Lipinski definition) is 0. The van der Waals surface area contributed by atoms with Crippen molar-refractivity contribution in [2.75, 3.05) is 6.54 Å². The summed E-state index contributed by atoms with van der Waals surface area (Å²) in [5.41, 5.74) is 0.926. The molecule has 0 aromatic heterocycles. The predicted molar refractivity (Wildman–Crippen MR) is 79.8 cm³/mol. The molecule has 0 bridgehead atoms. The van der Waals surface area contributed by atoms with Crippen molar-refractivity contribution >= 4 is 23.3 Å². The van der Waals surface area contributed by atoms with Crippen LogP contribution in [0.2, 0.25) is 5.02 Å². The minimum absolute atomic E-state index is 0.0768. The molecule has 0 radical (unpaired) electrons. The van der Waals surface area contributed by atoms with Gasteiger partial charge in [0.25, 0.3) is 0 Å². The molecule has 1 unspecified atom stereocenters. The maximum Gasteiger partial charge on any atom is 0.227 e. The molecule has 1 fully saturated rings. The van der Waals surface area contributed by atoms with E-state index in [4.69, 9.17) is 11.6 Å². The fraction of sp³-hybridized carbons (Fsp3) is 0.500. The van der Waals surface area contributed by atoms with Crippen LogP contribution in [0.4, 0.5) is 0 Å². The number of carbonyl (C=O) groups excluding carboxylic acids is 2. The first-order valence-electron chi connectivity index (χ1n) is 7.09. The molecule has 20 heavy (non-hydrogen) atoms. The third-order valence-corrected chi connectivity index (χ3v) is 3.95. The molecular formula is C16H20ClNO2. The number of carbonyl (C=O) groups is 2. The number of ketones is 1. The van der Waals surface area contributed by atoms with Crippen molar-refractivity contribution in [2.24, 2.45) is 0 Å². The molecule has 1 heterocycles. The molecule has 108 valence electrons. The summed E-state index contributed by atoms with van der Waals surface area (Å²) >= 11 is 5.94. The monoisotopic (exact) mass is 293 g/mol. The van der Waals surface area contributed by atoms with Crippen molar-refractivity contribution in [1.29, 1.82) is 0 Å². The van der Waals surface area contributed by atoms with Gasteiger partial charge in [-0.2, -0.15) is 0 Å². The summed E-state index contributed by atoms with van der Waals surface area (Å²) in [5.74, 6) is 0.246. The van der Waals surface area contributed by atoms with Gasteiger partial charge >= 0.3 is 0 Å². The van der Waals surface area contributed by atoms with Gasteiger partial charge < -0.3 is 4.90 Å². The summed E-state index contributed by atoms with van der Waals surface area (Å²) in [4.78, 5) is 25.7. The SMILES string of the molecule is CC(=O)CC1CCCCN1C(=O)Cc1cccc(Cl)c1.